The number of hydrogen-bond donors (Lipinski definition) is 0. The molecular formula is C10H18N2. The van der Waals surface area contributed by atoms with E-state index in [-0.39, 0.29) is 5.54 Å². The van der Waals surface area contributed by atoms with Crippen LogP contribution in [0.25, 0.3) is 0 Å². The van der Waals surface area contributed by atoms with E-state index in [1.165, 1.54) is 5.82 Å². The lowest BCUT2D eigenvalue weighted by molar-refractivity contribution is 0.383. The van der Waals surface area contributed by atoms with Gasteiger partial charge in [0, 0.05) is 18.2 Å². The third-order valence-electron chi connectivity index (χ3n) is 1.94. The molecule has 0 radical (unpaired) electrons. The maximum Gasteiger partial charge on any atom is 0.109 e. The molecule has 0 aliphatic rings. The second-order valence-corrected chi connectivity index (χ2v) is 4.19. The topological polar surface area (TPSA) is 17.8 Å². The van der Waals surface area contributed by atoms with Crippen molar-refractivity contribution in [2.75, 3.05) is 0 Å². The molecule has 12 heavy (non-hydrogen) atoms. The molecule has 0 saturated carbocycles. The van der Waals surface area contributed by atoms with Crippen LogP contribution in [0, 0.1) is 6.92 Å². The summed E-state index contributed by atoms with van der Waals surface area (Å²) in [5.41, 5.74) is 1.27. The zero-order valence-corrected chi connectivity index (χ0v) is 8.68. The first-order chi connectivity index (χ1) is 5.45. The van der Waals surface area contributed by atoms with Crippen LogP contribution in [0.4, 0.5) is 0 Å². The highest BCUT2D eigenvalue weighted by atomic mass is 15.1. The number of aryl methyl sites for hydroxylation is 2. The lowest BCUT2D eigenvalue weighted by atomic mass is 10.1. The molecule has 0 saturated heterocycles. The van der Waals surface area contributed by atoms with Crippen molar-refractivity contribution in [3.63, 3.8) is 0 Å². The Morgan fingerprint density at radius 1 is 1.42 bits per heavy atom. The third-order valence-corrected chi connectivity index (χ3v) is 1.94. The van der Waals surface area contributed by atoms with Gasteiger partial charge in [-0.3, -0.25) is 0 Å². The van der Waals surface area contributed by atoms with Crippen LogP contribution in [0.5, 0.6) is 0 Å². The molecule has 2 heteroatoms. The molecule has 0 amide bonds. The molecule has 68 valence electrons. The highest BCUT2D eigenvalue weighted by Crippen LogP contribution is 2.17. The lowest BCUT2D eigenvalue weighted by Gasteiger charge is -2.22. The molecule has 1 aromatic rings. The number of aromatic nitrogens is 2. The first kappa shape index (κ1) is 9.30. The van der Waals surface area contributed by atoms with Crippen molar-refractivity contribution in [3.8, 4) is 0 Å². The standard InChI is InChI=1S/C10H18N2/c1-6-9-11-8(2)7-12(9)10(3,4)5/h7H,6H2,1-5H3. The SMILES string of the molecule is CCc1nc(C)cn1C(C)(C)C. The Morgan fingerprint density at radius 3 is 2.33 bits per heavy atom. The summed E-state index contributed by atoms with van der Waals surface area (Å²) < 4.78 is 2.25. The first-order valence-electron chi connectivity index (χ1n) is 4.50. The van der Waals surface area contributed by atoms with Gasteiger partial charge in [0.2, 0.25) is 0 Å². The van der Waals surface area contributed by atoms with E-state index in [1.807, 2.05) is 6.92 Å². The van der Waals surface area contributed by atoms with Crippen molar-refractivity contribution < 1.29 is 0 Å². The molecule has 0 spiro atoms. The highest BCUT2D eigenvalue weighted by Gasteiger charge is 2.16. The molecule has 0 aliphatic carbocycles. The average Bonchev–Trinajstić information content (AvgIpc) is 2.29. The Morgan fingerprint density at radius 2 is 2.00 bits per heavy atom. The van der Waals surface area contributed by atoms with Crippen LogP contribution in [0.1, 0.15) is 39.2 Å². The zero-order chi connectivity index (χ0) is 9.35. The molecule has 0 aliphatic heterocycles. The normalized spacial score (nSPS) is 12.1. The molecule has 0 unspecified atom stereocenters. The van der Waals surface area contributed by atoms with Gasteiger partial charge in [-0.2, -0.15) is 0 Å². The van der Waals surface area contributed by atoms with Crippen LogP contribution in [-0.2, 0) is 12.0 Å². The van der Waals surface area contributed by atoms with E-state index in [0.717, 1.165) is 12.1 Å². The molecule has 1 rings (SSSR count). The van der Waals surface area contributed by atoms with Gasteiger partial charge in [0.15, 0.2) is 0 Å². The molecule has 0 fully saturated rings. The van der Waals surface area contributed by atoms with Crippen LogP contribution in [-0.4, -0.2) is 9.55 Å². The van der Waals surface area contributed by atoms with E-state index in [2.05, 4.69) is 43.4 Å². The molecule has 2 nitrogen and oxygen atoms in total. The quantitative estimate of drug-likeness (QED) is 0.626. The predicted molar refractivity (Wildman–Crippen MR) is 51.3 cm³/mol. The van der Waals surface area contributed by atoms with Crippen molar-refractivity contribution in [3.05, 3.63) is 17.7 Å². The second-order valence-electron chi connectivity index (χ2n) is 4.19. The Hall–Kier alpha value is -0.790. The first-order valence-corrected chi connectivity index (χ1v) is 4.50. The van der Waals surface area contributed by atoms with Crippen LogP contribution in [0.2, 0.25) is 0 Å². The summed E-state index contributed by atoms with van der Waals surface area (Å²) in [7, 11) is 0. The van der Waals surface area contributed by atoms with Gasteiger partial charge in [0.05, 0.1) is 5.69 Å². The third kappa shape index (κ3) is 1.68. The minimum Gasteiger partial charge on any atom is -0.329 e. The van der Waals surface area contributed by atoms with Crippen molar-refractivity contribution in [1.82, 2.24) is 9.55 Å². The smallest absolute Gasteiger partial charge is 0.109 e. The van der Waals surface area contributed by atoms with Gasteiger partial charge in [-0.05, 0) is 27.7 Å². The largest absolute Gasteiger partial charge is 0.329 e. The molecule has 1 heterocycles. The summed E-state index contributed by atoms with van der Waals surface area (Å²) in [6, 6.07) is 0. The monoisotopic (exact) mass is 166 g/mol. The number of imidazole rings is 1. The van der Waals surface area contributed by atoms with Crippen LogP contribution < -0.4 is 0 Å². The van der Waals surface area contributed by atoms with Gasteiger partial charge in [-0.1, -0.05) is 6.92 Å². The van der Waals surface area contributed by atoms with Gasteiger partial charge in [0.25, 0.3) is 0 Å². The van der Waals surface area contributed by atoms with Gasteiger partial charge in [0.1, 0.15) is 5.82 Å². The lowest BCUT2D eigenvalue weighted by Crippen LogP contribution is -2.23. The second kappa shape index (κ2) is 2.92. The minimum atomic E-state index is 0.159. The maximum atomic E-state index is 4.46. The van der Waals surface area contributed by atoms with E-state index in [1.54, 1.807) is 0 Å². The van der Waals surface area contributed by atoms with E-state index in [0.29, 0.717) is 0 Å². The summed E-state index contributed by atoms with van der Waals surface area (Å²) in [6.45, 7) is 10.8. The van der Waals surface area contributed by atoms with Gasteiger partial charge in [-0.15, -0.1) is 0 Å². The summed E-state index contributed by atoms with van der Waals surface area (Å²) in [6.07, 6.45) is 3.13. The van der Waals surface area contributed by atoms with E-state index < -0.39 is 0 Å². The predicted octanol–water partition coefficient (Wildman–Crippen LogP) is 2.51. The van der Waals surface area contributed by atoms with Crippen molar-refractivity contribution in [2.24, 2.45) is 0 Å². The fourth-order valence-electron chi connectivity index (χ4n) is 1.38. The number of rotatable bonds is 1. The zero-order valence-electron chi connectivity index (χ0n) is 8.68. The van der Waals surface area contributed by atoms with Crippen LogP contribution >= 0.6 is 0 Å². The summed E-state index contributed by atoms with van der Waals surface area (Å²) in [4.78, 5) is 4.46. The molecule has 0 bridgehead atoms. The van der Waals surface area contributed by atoms with E-state index >= 15 is 0 Å². The maximum absolute atomic E-state index is 4.46. The number of nitrogens with zero attached hydrogens (tertiary/aromatic N) is 2. The van der Waals surface area contributed by atoms with Crippen molar-refractivity contribution >= 4 is 0 Å². The van der Waals surface area contributed by atoms with Gasteiger partial charge >= 0.3 is 0 Å². The summed E-state index contributed by atoms with van der Waals surface area (Å²) >= 11 is 0. The molecule has 0 atom stereocenters. The fourth-order valence-corrected chi connectivity index (χ4v) is 1.38. The minimum absolute atomic E-state index is 0.159. The van der Waals surface area contributed by atoms with Gasteiger partial charge in [-0.25, -0.2) is 4.98 Å². The Bertz CT molecular complexity index is 266. The Kier molecular flexibility index (Phi) is 2.27. The van der Waals surface area contributed by atoms with Crippen molar-refractivity contribution in [1.29, 1.82) is 0 Å². The molecule has 0 aromatic carbocycles. The molecular weight excluding hydrogens is 148 g/mol. The molecule has 1 aromatic heterocycles. The average molecular weight is 166 g/mol. The summed E-state index contributed by atoms with van der Waals surface area (Å²) in [5, 5.41) is 0. The van der Waals surface area contributed by atoms with Crippen molar-refractivity contribution in [2.45, 2.75) is 46.6 Å². The van der Waals surface area contributed by atoms with E-state index in [9.17, 15) is 0 Å². The Balaban J connectivity index is 3.13. The fraction of sp³-hybridized carbons (Fsp3) is 0.700. The van der Waals surface area contributed by atoms with Gasteiger partial charge < -0.3 is 4.57 Å². The number of hydrogen-bond acceptors (Lipinski definition) is 1. The highest BCUT2D eigenvalue weighted by molar-refractivity contribution is 5.05. The summed E-state index contributed by atoms with van der Waals surface area (Å²) in [5.74, 6) is 1.18. The van der Waals surface area contributed by atoms with E-state index in [4.69, 9.17) is 0 Å². The Labute approximate surface area is 74.6 Å². The van der Waals surface area contributed by atoms with Crippen LogP contribution in [0.15, 0.2) is 6.20 Å². The van der Waals surface area contributed by atoms with Crippen LogP contribution in [0.3, 0.4) is 0 Å². The molecule has 0 N–H and O–H groups in total.